The molecule has 0 aliphatic carbocycles. The van der Waals surface area contributed by atoms with E-state index in [1.807, 2.05) is 11.0 Å². The van der Waals surface area contributed by atoms with Crippen molar-refractivity contribution in [1.29, 1.82) is 5.26 Å². The number of nitrogens with zero attached hydrogens (tertiary/aromatic N) is 3. The third-order valence-electron chi connectivity index (χ3n) is 4.64. The van der Waals surface area contributed by atoms with Crippen molar-refractivity contribution in [3.05, 3.63) is 52.1 Å². The molecule has 1 aromatic heterocycles. The van der Waals surface area contributed by atoms with E-state index >= 15 is 0 Å². The van der Waals surface area contributed by atoms with E-state index in [4.69, 9.17) is 0 Å². The van der Waals surface area contributed by atoms with Crippen molar-refractivity contribution in [2.45, 2.75) is 19.8 Å². The Bertz CT molecular complexity index is 905. The average Bonchev–Trinajstić information content (AvgIpc) is 2.69. The number of nitrogens with one attached hydrogen (secondary N) is 1. The molecule has 1 unspecified atom stereocenters. The molecule has 0 bridgehead atoms. The third kappa shape index (κ3) is 4.52. The van der Waals surface area contributed by atoms with Gasteiger partial charge in [0.2, 0.25) is 5.91 Å². The SMILES string of the molecule is CC(=O)c1ccc(C#N)c(N2CCCC(C(=O)Nc3ccc(Br)cn3)C2)c1. The molecule has 138 valence electrons. The summed E-state index contributed by atoms with van der Waals surface area (Å²) in [5.74, 6) is 0.164. The van der Waals surface area contributed by atoms with E-state index in [-0.39, 0.29) is 17.6 Å². The molecule has 1 atom stereocenters. The Labute approximate surface area is 166 Å². The zero-order chi connectivity index (χ0) is 19.4. The van der Waals surface area contributed by atoms with Crippen LogP contribution in [0.5, 0.6) is 0 Å². The predicted molar refractivity (Wildman–Crippen MR) is 107 cm³/mol. The molecular weight excluding hydrogens is 408 g/mol. The van der Waals surface area contributed by atoms with Crippen LogP contribution < -0.4 is 10.2 Å². The molecule has 3 rings (SSSR count). The fourth-order valence-corrected chi connectivity index (χ4v) is 3.43. The summed E-state index contributed by atoms with van der Waals surface area (Å²) in [7, 11) is 0. The number of hydrogen-bond acceptors (Lipinski definition) is 5. The van der Waals surface area contributed by atoms with Crippen LogP contribution >= 0.6 is 15.9 Å². The molecule has 1 amide bonds. The van der Waals surface area contributed by atoms with Gasteiger partial charge in [0.1, 0.15) is 11.9 Å². The number of aromatic nitrogens is 1. The molecule has 0 spiro atoms. The van der Waals surface area contributed by atoms with Crippen molar-refractivity contribution in [3.63, 3.8) is 0 Å². The van der Waals surface area contributed by atoms with Gasteiger partial charge in [0.25, 0.3) is 0 Å². The highest BCUT2D eigenvalue weighted by Gasteiger charge is 2.27. The van der Waals surface area contributed by atoms with Gasteiger partial charge in [0.15, 0.2) is 5.78 Å². The van der Waals surface area contributed by atoms with Gasteiger partial charge in [-0.15, -0.1) is 0 Å². The zero-order valence-corrected chi connectivity index (χ0v) is 16.5. The predicted octanol–water partition coefficient (Wildman–Crippen LogP) is 3.77. The van der Waals surface area contributed by atoms with Crippen LogP contribution in [0.3, 0.4) is 0 Å². The Hall–Kier alpha value is -2.72. The number of piperidine rings is 1. The molecule has 1 fully saturated rings. The molecular formula is C20H19BrN4O2. The van der Waals surface area contributed by atoms with Gasteiger partial charge < -0.3 is 10.2 Å². The van der Waals surface area contributed by atoms with Crippen LogP contribution in [0.15, 0.2) is 41.0 Å². The lowest BCUT2D eigenvalue weighted by atomic mass is 9.95. The minimum absolute atomic E-state index is 0.0478. The van der Waals surface area contributed by atoms with Gasteiger partial charge in [-0.05, 0) is 66.0 Å². The number of hydrogen-bond donors (Lipinski definition) is 1. The number of anilines is 2. The normalized spacial score (nSPS) is 16.5. The summed E-state index contributed by atoms with van der Waals surface area (Å²) >= 11 is 3.32. The minimum Gasteiger partial charge on any atom is -0.370 e. The Morgan fingerprint density at radius 2 is 2.15 bits per heavy atom. The molecule has 0 saturated carbocycles. The molecule has 27 heavy (non-hydrogen) atoms. The molecule has 6 nitrogen and oxygen atoms in total. The fraction of sp³-hybridized carbons (Fsp3) is 0.300. The highest BCUT2D eigenvalue weighted by molar-refractivity contribution is 9.10. The zero-order valence-electron chi connectivity index (χ0n) is 14.9. The lowest BCUT2D eigenvalue weighted by molar-refractivity contribution is -0.120. The van der Waals surface area contributed by atoms with E-state index in [9.17, 15) is 14.9 Å². The topological polar surface area (TPSA) is 86.1 Å². The van der Waals surface area contributed by atoms with Crippen LogP contribution in [0.1, 0.15) is 35.7 Å². The monoisotopic (exact) mass is 426 g/mol. The van der Waals surface area contributed by atoms with Crippen molar-refractivity contribution < 1.29 is 9.59 Å². The summed E-state index contributed by atoms with van der Waals surface area (Å²) in [6.45, 7) is 2.75. The first-order chi connectivity index (χ1) is 13.0. The highest BCUT2D eigenvalue weighted by atomic mass is 79.9. The van der Waals surface area contributed by atoms with Gasteiger partial charge in [-0.1, -0.05) is 0 Å². The van der Waals surface area contributed by atoms with Gasteiger partial charge >= 0.3 is 0 Å². The fourth-order valence-electron chi connectivity index (χ4n) is 3.19. The van der Waals surface area contributed by atoms with Gasteiger partial charge in [0.05, 0.1) is 17.2 Å². The summed E-state index contributed by atoms with van der Waals surface area (Å²) < 4.78 is 0.846. The maximum Gasteiger partial charge on any atom is 0.230 e. The second kappa shape index (κ2) is 8.31. The number of Topliss-reactive ketones (excluding diaryl/α,β-unsaturated/α-hetero) is 1. The Balaban J connectivity index is 1.77. The Kier molecular flexibility index (Phi) is 5.87. The first kappa shape index (κ1) is 19.1. The molecule has 1 aliphatic heterocycles. The molecule has 2 aromatic rings. The number of pyridine rings is 1. The van der Waals surface area contributed by atoms with Crippen LogP contribution in [-0.4, -0.2) is 29.8 Å². The number of amides is 1. The number of rotatable bonds is 4. The maximum atomic E-state index is 12.7. The van der Waals surface area contributed by atoms with Crippen LogP contribution in [0.2, 0.25) is 0 Å². The number of halogens is 1. The second-order valence-corrected chi connectivity index (χ2v) is 7.45. The van der Waals surface area contributed by atoms with Crippen molar-refractivity contribution >= 4 is 39.1 Å². The standard InChI is InChI=1S/C20H19BrN4O2/c1-13(26)14-4-5-15(10-22)18(9-14)25-8-2-3-16(12-25)20(27)24-19-7-6-17(21)11-23-19/h4-7,9,11,16H,2-3,8,12H2,1H3,(H,23,24,27). The molecule has 1 aromatic carbocycles. The van der Waals surface area contributed by atoms with Gasteiger partial charge in [0, 0.05) is 29.3 Å². The first-order valence-electron chi connectivity index (χ1n) is 8.70. The first-order valence-corrected chi connectivity index (χ1v) is 9.49. The van der Waals surface area contributed by atoms with Crippen molar-refractivity contribution in [2.75, 3.05) is 23.3 Å². The summed E-state index contributed by atoms with van der Waals surface area (Å²) in [4.78, 5) is 30.6. The van der Waals surface area contributed by atoms with Crippen molar-refractivity contribution in [2.24, 2.45) is 5.92 Å². The molecule has 7 heteroatoms. The Morgan fingerprint density at radius 3 is 2.81 bits per heavy atom. The van der Waals surface area contributed by atoms with Crippen LogP contribution in [0.4, 0.5) is 11.5 Å². The average molecular weight is 427 g/mol. The Morgan fingerprint density at radius 1 is 1.33 bits per heavy atom. The van der Waals surface area contributed by atoms with E-state index < -0.39 is 0 Å². The summed E-state index contributed by atoms with van der Waals surface area (Å²) in [5, 5.41) is 12.3. The summed E-state index contributed by atoms with van der Waals surface area (Å²) in [5.41, 5.74) is 1.79. The summed E-state index contributed by atoms with van der Waals surface area (Å²) in [6.07, 6.45) is 3.24. The number of carbonyl (C=O) groups is 2. The quantitative estimate of drug-likeness (QED) is 0.751. The van der Waals surface area contributed by atoms with Gasteiger partial charge in [-0.25, -0.2) is 4.98 Å². The molecule has 1 saturated heterocycles. The molecule has 2 heterocycles. The van der Waals surface area contributed by atoms with Crippen LogP contribution in [0, 0.1) is 17.2 Å². The van der Waals surface area contributed by atoms with E-state index in [1.54, 1.807) is 30.5 Å². The largest absolute Gasteiger partial charge is 0.370 e. The van der Waals surface area contributed by atoms with Crippen LogP contribution in [0.25, 0.3) is 0 Å². The van der Waals surface area contributed by atoms with E-state index in [0.717, 1.165) is 23.9 Å². The van der Waals surface area contributed by atoms with Gasteiger partial charge in [-0.2, -0.15) is 5.26 Å². The summed E-state index contributed by atoms with van der Waals surface area (Å²) in [6, 6.07) is 10.8. The lowest BCUT2D eigenvalue weighted by Crippen LogP contribution is -2.41. The number of benzene rings is 1. The number of carbonyl (C=O) groups excluding carboxylic acids is 2. The van der Waals surface area contributed by atoms with E-state index in [2.05, 4.69) is 32.3 Å². The number of ketones is 1. The lowest BCUT2D eigenvalue weighted by Gasteiger charge is -2.34. The third-order valence-corrected chi connectivity index (χ3v) is 5.11. The smallest absolute Gasteiger partial charge is 0.230 e. The van der Waals surface area contributed by atoms with Crippen molar-refractivity contribution in [1.82, 2.24) is 4.98 Å². The number of nitriles is 1. The molecule has 1 aliphatic rings. The second-order valence-electron chi connectivity index (χ2n) is 6.54. The van der Waals surface area contributed by atoms with Crippen molar-refractivity contribution in [3.8, 4) is 6.07 Å². The minimum atomic E-state index is -0.211. The highest BCUT2D eigenvalue weighted by Crippen LogP contribution is 2.28. The van der Waals surface area contributed by atoms with E-state index in [1.165, 1.54) is 6.92 Å². The van der Waals surface area contributed by atoms with Gasteiger partial charge in [-0.3, -0.25) is 9.59 Å². The maximum absolute atomic E-state index is 12.7. The molecule has 0 radical (unpaired) electrons. The van der Waals surface area contributed by atoms with Crippen LogP contribution in [-0.2, 0) is 4.79 Å². The van der Waals surface area contributed by atoms with E-state index in [0.29, 0.717) is 29.2 Å². The molecule has 1 N–H and O–H groups in total.